The van der Waals surface area contributed by atoms with Gasteiger partial charge < -0.3 is 14.7 Å². The van der Waals surface area contributed by atoms with Gasteiger partial charge in [-0.25, -0.2) is 4.79 Å². The van der Waals surface area contributed by atoms with Crippen molar-refractivity contribution in [3.05, 3.63) is 24.0 Å². The number of ether oxygens (including phenoxy) is 1. The summed E-state index contributed by atoms with van der Waals surface area (Å²) in [4.78, 5) is 16.6. The van der Waals surface area contributed by atoms with Crippen molar-refractivity contribution in [1.82, 2.24) is 9.88 Å². The van der Waals surface area contributed by atoms with Crippen LogP contribution in [0.2, 0.25) is 0 Å². The Morgan fingerprint density at radius 3 is 2.82 bits per heavy atom. The minimum atomic E-state index is -0.837. The van der Waals surface area contributed by atoms with Crippen molar-refractivity contribution >= 4 is 6.09 Å². The number of piperidine rings is 1. The highest BCUT2D eigenvalue weighted by Crippen LogP contribution is 2.32. The summed E-state index contributed by atoms with van der Waals surface area (Å²) < 4.78 is 5.28. The first-order chi connectivity index (χ1) is 8.22. The number of methoxy groups -OCH3 is 1. The molecule has 1 aromatic heterocycles. The lowest BCUT2D eigenvalue weighted by Crippen LogP contribution is -2.37. The monoisotopic (exact) mass is 236 g/mol. The molecule has 1 fully saturated rings. The SMILES string of the molecule is COc1cccnc1C1CCN(C(=O)O)CC1. The highest BCUT2D eigenvalue weighted by atomic mass is 16.5. The Bertz CT molecular complexity index is 400. The minimum absolute atomic E-state index is 0.293. The van der Waals surface area contributed by atoms with Crippen LogP contribution in [0, 0.1) is 0 Å². The van der Waals surface area contributed by atoms with Gasteiger partial charge in [-0.05, 0) is 25.0 Å². The number of hydrogen-bond donors (Lipinski definition) is 1. The normalized spacial score (nSPS) is 16.9. The molecule has 0 aromatic carbocycles. The van der Waals surface area contributed by atoms with Gasteiger partial charge in [0, 0.05) is 25.2 Å². The molecule has 1 N–H and O–H groups in total. The number of carboxylic acid groups (broad SMARTS) is 1. The zero-order valence-electron chi connectivity index (χ0n) is 9.80. The molecular formula is C12H16N2O3. The Morgan fingerprint density at radius 1 is 1.53 bits per heavy atom. The molecule has 1 aliphatic rings. The van der Waals surface area contributed by atoms with E-state index in [-0.39, 0.29) is 0 Å². The third-order valence-corrected chi connectivity index (χ3v) is 3.17. The fourth-order valence-corrected chi connectivity index (χ4v) is 2.23. The Kier molecular flexibility index (Phi) is 3.46. The fourth-order valence-electron chi connectivity index (χ4n) is 2.23. The van der Waals surface area contributed by atoms with Gasteiger partial charge in [0.2, 0.25) is 0 Å². The lowest BCUT2D eigenvalue weighted by molar-refractivity contribution is 0.131. The van der Waals surface area contributed by atoms with Crippen molar-refractivity contribution in [2.75, 3.05) is 20.2 Å². The zero-order valence-corrected chi connectivity index (χ0v) is 9.80. The summed E-state index contributed by atoms with van der Waals surface area (Å²) in [7, 11) is 1.63. The molecule has 0 bridgehead atoms. The molecule has 0 spiro atoms. The molecule has 1 saturated heterocycles. The zero-order chi connectivity index (χ0) is 12.3. The predicted octanol–water partition coefficient (Wildman–Crippen LogP) is 1.95. The van der Waals surface area contributed by atoms with E-state index in [1.807, 2.05) is 12.1 Å². The van der Waals surface area contributed by atoms with Crippen molar-refractivity contribution in [3.63, 3.8) is 0 Å². The molecule has 2 heterocycles. The maximum absolute atomic E-state index is 10.8. The highest BCUT2D eigenvalue weighted by molar-refractivity contribution is 5.65. The van der Waals surface area contributed by atoms with Gasteiger partial charge in [0.1, 0.15) is 5.75 Å². The van der Waals surface area contributed by atoms with E-state index >= 15 is 0 Å². The summed E-state index contributed by atoms with van der Waals surface area (Å²) in [5, 5.41) is 8.88. The topological polar surface area (TPSA) is 62.7 Å². The van der Waals surface area contributed by atoms with Crippen LogP contribution in [0.4, 0.5) is 4.79 Å². The van der Waals surface area contributed by atoms with E-state index in [2.05, 4.69) is 4.98 Å². The second kappa shape index (κ2) is 5.03. The molecule has 1 aromatic rings. The third kappa shape index (κ3) is 2.49. The van der Waals surface area contributed by atoms with Crippen LogP contribution in [0.25, 0.3) is 0 Å². The van der Waals surface area contributed by atoms with Crippen molar-refractivity contribution in [3.8, 4) is 5.75 Å². The maximum atomic E-state index is 10.8. The quantitative estimate of drug-likeness (QED) is 0.852. The van der Waals surface area contributed by atoms with Crippen LogP contribution in [-0.2, 0) is 0 Å². The van der Waals surface area contributed by atoms with Crippen LogP contribution < -0.4 is 4.74 Å². The van der Waals surface area contributed by atoms with Crippen LogP contribution in [-0.4, -0.2) is 41.3 Å². The molecule has 5 nitrogen and oxygen atoms in total. The van der Waals surface area contributed by atoms with Crippen LogP contribution >= 0.6 is 0 Å². The van der Waals surface area contributed by atoms with Gasteiger partial charge in [-0.2, -0.15) is 0 Å². The molecule has 2 rings (SSSR count). The summed E-state index contributed by atoms with van der Waals surface area (Å²) in [5.74, 6) is 1.09. The van der Waals surface area contributed by atoms with Crippen molar-refractivity contribution in [2.24, 2.45) is 0 Å². The van der Waals surface area contributed by atoms with E-state index in [0.717, 1.165) is 24.3 Å². The molecule has 1 amide bonds. The van der Waals surface area contributed by atoms with Crippen LogP contribution in [0.1, 0.15) is 24.5 Å². The van der Waals surface area contributed by atoms with Gasteiger partial charge in [0.25, 0.3) is 0 Å². The molecule has 0 aliphatic carbocycles. The van der Waals surface area contributed by atoms with Gasteiger partial charge >= 0.3 is 6.09 Å². The van der Waals surface area contributed by atoms with E-state index in [9.17, 15) is 4.79 Å². The number of amides is 1. The molecule has 5 heteroatoms. The molecular weight excluding hydrogens is 220 g/mol. The molecule has 0 unspecified atom stereocenters. The summed E-state index contributed by atoms with van der Waals surface area (Å²) >= 11 is 0. The van der Waals surface area contributed by atoms with E-state index < -0.39 is 6.09 Å². The fraction of sp³-hybridized carbons (Fsp3) is 0.500. The smallest absolute Gasteiger partial charge is 0.407 e. The Balaban J connectivity index is 2.07. The first-order valence-corrected chi connectivity index (χ1v) is 5.69. The minimum Gasteiger partial charge on any atom is -0.495 e. The number of aromatic nitrogens is 1. The van der Waals surface area contributed by atoms with Gasteiger partial charge in [-0.15, -0.1) is 0 Å². The first kappa shape index (κ1) is 11.7. The van der Waals surface area contributed by atoms with Crippen molar-refractivity contribution in [1.29, 1.82) is 0 Å². The molecule has 1 aliphatic heterocycles. The molecule has 0 saturated carbocycles. The van der Waals surface area contributed by atoms with Crippen molar-refractivity contribution in [2.45, 2.75) is 18.8 Å². The number of rotatable bonds is 2. The number of carbonyl (C=O) groups is 1. The predicted molar refractivity (Wildman–Crippen MR) is 62.4 cm³/mol. The Morgan fingerprint density at radius 2 is 2.24 bits per heavy atom. The summed E-state index contributed by atoms with van der Waals surface area (Å²) in [5.41, 5.74) is 0.944. The van der Waals surface area contributed by atoms with E-state index in [1.165, 1.54) is 4.90 Å². The number of nitrogens with zero attached hydrogens (tertiary/aromatic N) is 2. The van der Waals surface area contributed by atoms with Crippen LogP contribution in [0.3, 0.4) is 0 Å². The summed E-state index contributed by atoms with van der Waals surface area (Å²) in [6.45, 7) is 1.14. The number of pyridine rings is 1. The van der Waals surface area contributed by atoms with E-state index in [0.29, 0.717) is 19.0 Å². The number of hydrogen-bond acceptors (Lipinski definition) is 3. The largest absolute Gasteiger partial charge is 0.495 e. The van der Waals surface area contributed by atoms with E-state index in [4.69, 9.17) is 9.84 Å². The van der Waals surface area contributed by atoms with Gasteiger partial charge in [0.05, 0.1) is 12.8 Å². The Labute approximate surface area is 100 Å². The highest BCUT2D eigenvalue weighted by Gasteiger charge is 2.25. The Hall–Kier alpha value is -1.78. The first-order valence-electron chi connectivity index (χ1n) is 5.69. The average Bonchev–Trinajstić information content (AvgIpc) is 2.39. The number of likely N-dealkylation sites (tertiary alicyclic amines) is 1. The van der Waals surface area contributed by atoms with E-state index in [1.54, 1.807) is 13.3 Å². The summed E-state index contributed by atoms with van der Waals surface area (Å²) in [6.07, 6.45) is 2.53. The lowest BCUT2D eigenvalue weighted by atomic mass is 9.92. The third-order valence-electron chi connectivity index (χ3n) is 3.17. The maximum Gasteiger partial charge on any atom is 0.407 e. The average molecular weight is 236 g/mol. The molecule has 17 heavy (non-hydrogen) atoms. The molecule has 92 valence electrons. The van der Waals surface area contributed by atoms with Gasteiger partial charge in [-0.1, -0.05) is 0 Å². The lowest BCUT2D eigenvalue weighted by Gasteiger charge is -2.30. The molecule has 0 radical (unpaired) electrons. The van der Waals surface area contributed by atoms with Crippen molar-refractivity contribution < 1.29 is 14.6 Å². The van der Waals surface area contributed by atoms with Gasteiger partial charge in [-0.3, -0.25) is 4.98 Å². The second-order valence-corrected chi connectivity index (χ2v) is 4.13. The summed E-state index contributed by atoms with van der Waals surface area (Å²) in [6, 6.07) is 3.74. The molecule has 0 atom stereocenters. The van der Waals surface area contributed by atoms with Crippen LogP contribution in [0.5, 0.6) is 5.75 Å². The second-order valence-electron chi connectivity index (χ2n) is 4.13. The van der Waals surface area contributed by atoms with Crippen LogP contribution in [0.15, 0.2) is 18.3 Å². The standard InChI is InChI=1S/C12H16N2O3/c1-17-10-3-2-6-13-11(10)9-4-7-14(8-5-9)12(15)16/h2-3,6,9H,4-5,7-8H2,1H3,(H,15,16). The van der Waals surface area contributed by atoms with Gasteiger partial charge in [0.15, 0.2) is 0 Å².